The molecule has 148 valence electrons. The Labute approximate surface area is 164 Å². The molecule has 1 saturated carbocycles. The summed E-state index contributed by atoms with van der Waals surface area (Å²) in [5.41, 5.74) is 8.39. The van der Waals surface area contributed by atoms with Crippen molar-refractivity contribution in [1.29, 1.82) is 0 Å². The van der Waals surface area contributed by atoms with Gasteiger partial charge in [-0.2, -0.15) is 4.98 Å². The van der Waals surface area contributed by atoms with Crippen LogP contribution in [0.2, 0.25) is 0 Å². The Bertz CT molecular complexity index is 954. The topological polar surface area (TPSA) is 103 Å². The van der Waals surface area contributed by atoms with Crippen LogP contribution >= 0.6 is 0 Å². The summed E-state index contributed by atoms with van der Waals surface area (Å²) in [7, 11) is 0. The Hall–Kier alpha value is -2.70. The highest BCUT2D eigenvalue weighted by Gasteiger charge is 2.35. The van der Waals surface area contributed by atoms with Crippen molar-refractivity contribution in [2.75, 3.05) is 5.32 Å². The molecule has 0 aromatic carbocycles. The van der Waals surface area contributed by atoms with E-state index in [4.69, 9.17) is 5.73 Å². The number of aromatic nitrogens is 3. The molecule has 0 saturated heterocycles. The fourth-order valence-electron chi connectivity index (χ4n) is 4.50. The van der Waals surface area contributed by atoms with Gasteiger partial charge in [-0.1, -0.05) is 26.7 Å². The predicted octanol–water partition coefficient (Wildman–Crippen LogP) is 3.18. The third-order valence-electron chi connectivity index (χ3n) is 5.81. The number of amides is 1. The predicted molar refractivity (Wildman–Crippen MR) is 107 cm³/mol. The average Bonchev–Trinajstić information content (AvgIpc) is 3.21. The van der Waals surface area contributed by atoms with Gasteiger partial charge >= 0.3 is 0 Å². The summed E-state index contributed by atoms with van der Waals surface area (Å²) >= 11 is 0. The quantitative estimate of drug-likeness (QED) is 0.847. The van der Waals surface area contributed by atoms with Crippen molar-refractivity contribution in [3.8, 4) is 5.95 Å². The number of carbonyl (C=O) groups excluding carboxylic acids is 2. The van der Waals surface area contributed by atoms with Crippen LogP contribution in [0.15, 0.2) is 12.4 Å². The first-order chi connectivity index (χ1) is 13.2. The summed E-state index contributed by atoms with van der Waals surface area (Å²) in [5.74, 6) is 0.556. The minimum atomic E-state index is -0.547. The average molecular weight is 381 g/mol. The third kappa shape index (κ3) is 3.30. The molecule has 0 atom stereocenters. The lowest BCUT2D eigenvalue weighted by atomic mass is 9.75. The van der Waals surface area contributed by atoms with Gasteiger partial charge in [0.2, 0.25) is 5.95 Å². The van der Waals surface area contributed by atoms with Gasteiger partial charge in [-0.3, -0.25) is 14.2 Å². The highest BCUT2D eigenvalue weighted by molar-refractivity contribution is 6.00. The normalized spacial score (nSPS) is 18.9. The van der Waals surface area contributed by atoms with Crippen LogP contribution < -0.4 is 11.1 Å². The summed E-state index contributed by atoms with van der Waals surface area (Å²) in [4.78, 5) is 33.6. The highest BCUT2D eigenvalue weighted by atomic mass is 16.1. The minimum Gasteiger partial charge on any atom is -0.367 e. The molecule has 0 radical (unpaired) electrons. The van der Waals surface area contributed by atoms with E-state index in [-0.39, 0.29) is 11.2 Å². The number of anilines is 1. The zero-order valence-electron chi connectivity index (χ0n) is 16.7. The van der Waals surface area contributed by atoms with E-state index >= 15 is 0 Å². The van der Waals surface area contributed by atoms with E-state index in [1.165, 1.54) is 19.0 Å². The molecular formula is C21H27N5O2. The second-order valence-corrected chi connectivity index (χ2v) is 8.87. The van der Waals surface area contributed by atoms with E-state index in [2.05, 4.69) is 29.1 Å². The van der Waals surface area contributed by atoms with Crippen molar-refractivity contribution in [2.45, 2.75) is 65.3 Å². The standard InChI is InChI=1S/C21H27N5O2/c1-12-11-26(15-8-21(2,3)9-16(27)17(12)15)20-23-10-14(18(22)28)19(25-20)24-13-6-4-5-7-13/h10-11,13H,4-9H2,1-3H3,(H2,22,28)(H,23,24,25). The number of carbonyl (C=O) groups is 2. The molecule has 0 bridgehead atoms. The number of hydrogen-bond donors (Lipinski definition) is 2. The summed E-state index contributed by atoms with van der Waals surface area (Å²) in [6.07, 6.45) is 9.17. The fraction of sp³-hybridized carbons (Fsp3) is 0.524. The van der Waals surface area contributed by atoms with Gasteiger partial charge in [-0.25, -0.2) is 4.98 Å². The second-order valence-electron chi connectivity index (χ2n) is 8.87. The van der Waals surface area contributed by atoms with Gasteiger partial charge in [0.25, 0.3) is 5.91 Å². The second kappa shape index (κ2) is 6.72. The van der Waals surface area contributed by atoms with Crippen molar-refractivity contribution in [3.63, 3.8) is 0 Å². The van der Waals surface area contributed by atoms with Gasteiger partial charge in [0.05, 0.1) is 5.56 Å². The van der Waals surface area contributed by atoms with Crippen LogP contribution in [0.3, 0.4) is 0 Å². The maximum atomic E-state index is 12.7. The first-order valence-electron chi connectivity index (χ1n) is 9.93. The maximum Gasteiger partial charge on any atom is 0.254 e. The van der Waals surface area contributed by atoms with Crippen LogP contribution in [0.25, 0.3) is 5.95 Å². The van der Waals surface area contributed by atoms with Crippen molar-refractivity contribution in [2.24, 2.45) is 11.1 Å². The molecule has 3 N–H and O–H groups in total. The van der Waals surface area contributed by atoms with Crippen LogP contribution in [0, 0.1) is 12.3 Å². The smallest absolute Gasteiger partial charge is 0.254 e. The minimum absolute atomic E-state index is 0.106. The molecule has 4 rings (SSSR count). The summed E-state index contributed by atoms with van der Waals surface area (Å²) in [6.45, 7) is 6.15. The molecule has 2 aromatic rings. The Morgan fingerprint density at radius 1 is 1.29 bits per heavy atom. The van der Waals surface area contributed by atoms with Crippen LogP contribution in [0.1, 0.15) is 77.9 Å². The Kier molecular flexibility index (Phi) is 4.48. The Morgan fingerprint density at radius 3 is 2.68 bits per heavy atom. The molecule has 2 aliphatic rings. The molecule has 0 aliphatic heterocycles. The van der Waals surface area contributed by atoms with E-state index in [9.17, 15) is 9.59 Å². The Morgan fingerprint density at radius 2 is 2.00 bits per heavy atom. The number of nitrogens with zero attached hydrogens (tertiary/aromatic N) is 3. The summed E-state index contributed by atoms with van der Waals surface area (Å²) in [6, 6.07) is 0.293. The number of Topliss-reactive ketones (excluding diaryl/α,β-unsaturated/α-hetero) is 1. The van der Waals surface area contributed by atoms with Gasteiger partial charge in [0.1, 0.15) is 5.82 Å². The van der Waals surface area contributed by atoms with E-state index in [0.717, 1.165) is 36.1 Å². The molecule has 1 amide bonds. The lowest BCUT2D eigenvalue weighted by Gasteiger charge is -2.29. The molecule has 2 aromatic heterocycles. The van der Waals surface area contributed by atoms with Crippen molar-refractivity contribution >= 4 is 17.5 Å². The molecular weight excluding hydrogens is 354 g/mol. The van der Waals surface area contributed by atoms with E-state index in [1.54, 1.807) is 0 Å². The van der Waals surface area contributed by atoms with E-state index < -0.39 is 5.91 Å². The molecule has 7 nitrogen and oxygen atoms in total. The van der Waals surface area contributed by atoms with Crippen LogP contribution in [-0.2, 0) is 6.42 Å². The zero-order valence-corrected chi connectivity index (χ0v) is 16.7. The summed E-state index contributed by atoms with van der Waals surface area (Å²) in [5, 5.41) is 3.38. The first kappa shape index (κ1) is 18.7. The molecule has 0 unspecified atom stereocenters. The van der Waals surface area contributed by atoms with Crippen LogP contribution in [-0.4, -0.2) is 32.3 Å². The van der Waals surface area contributed by atoms with Gasteiger partial charge in [0, 0.05) is 36.1 Å². The summed E-state index contributed by atoms with van der Waals surface area (Å²) < 4.78 is 1.90. The van der Waals surface area contributed by atoms with Crippen LogP contribution in [0.4, 0.5) is 5.82 Å². The van der Waals surface area contributed by atoms with Gasteiger partial charge < -0.3 is 11.1 Å². The third-order valence-corrected chi connectivity index (χ3v) is 5.81. The van der Waals surface area contributed by atoms with E-state index in [1.807, 2.05) is 17.7 Å². The molecule has 1 fully saturated rings. The number of hydrogen-bond acceptors (Lipinski definition) is 5. The van der Waals surface area contributed by atoms with Crippen LogP contribution in [0.5, 0.6) is 0 Å². The first-order valence-corrected chi connectivity index (χ1v) is 9.93. The van der Waals surface area contributed by atoms with Gasteiger partial charge in [-0.05, 0) is 37.2 Å². The largest absolute Gasteiger partial charge is 0.367 e. The number of aryl methyl sites for hydroxylation is 1. The molecule has 0 spiro atoms. The van der Waals surface area contributed by atoms with Gasteiger partial charge in [0.15, 0.2) is 5.78 Å². The van der Waals surface area contributed by atoms with Crippen molar-refractivity contribution < 1.29 is 9.59 Å². The number of nitrogens with two attached hydrogens (primary N) is 1. The van der Waals surface area contributed by atoms with Crippen molar-refractivity contribution in [3.05, 3.63) is 34.8 Å². The van der Waals surface area contributed by atoms with Crippen molar-refractivity contribution in [1.82, 2.24) is 14.5 Å². The number of nitrogens with one attached hydrogen (secondary N) is 1. The zero-order chi connectivity index (χ0) is 20.1. The Balaban J connectivity index is 1.79. The number of rotatable bonds is 4. The number of primary amides is 1. The maximum absolute atomic E-state index is 12.7. The lowest BCUT2D eigenvalue weighted by molar-refractivity contribution is 0.0909. The SMILES string of the molecule is Cc1cn(-c2ncc(C(N)=O)c(NC3CCCC3)n2)c2c1C(=O)CC(C)(C)C2. The molecule has 7 heteroatoms. The van der Waals surface area contributed by atoms with Gasteiger partial charge in [-0.15, -0.1) is 0 Å². The molecule has 2 heterocycles. The monoisotopic (exact) mass is 381 g/mol. The molecule has 2 aliphatic carbocycles. The highest BCUT2D eigenvalue weighted by Crippen LogP contribution is 2.37. The number of fused-ring (bicyclic) bond motifs is 1. The molecule has 28 heavy (non-hydrogen) atoms. The van der Waals surface area contributed by atoms with E-state index in [0.29, 0.717) is 29.8 Å². The fourth-order valence-corrected chi connectivity index (χ4v) is 4.50. The lowest BCUT2D eigenvalue weighted by Crippen LogP contribution is -2.28. The number of ketones is 1.